The fourth-order valence-corrected chi connectivity index (χ4v) is 2.99. The van der Waals surface area contributed by atoms with Crippen molar-refractivity contribution in [2.75, 3.05) is 11.9 Å². The number of nitrogens with zero attached hydrogens (tertiary/aromatic N) is 1. The maximum Gasteiger partial charge on any atom is 0.238 e. The van der Waals surface area contributed by atoms with Crippen molar-refractivity contribution in [2.24, 2.45) is 5.92 Å². The summed E-state index contributed by atoms with van der Waals surface area (Å²) in [6, 6.07) is 15.4. The molecule has 136 valence electrons. The van der Waals surface area contributed by atoms with E-state index in [-0.39, 0.29) is 18.5 Å². The first kappa shape index (κ1) is 20.0. The Morgan fingerprint density at radius 2 is 1.88 bits per heavy atom. The van der Waals surface area contributed by atoms with Gasteiger partial charge in [0.25, 0.3) is 0 Å². The number of hydrogen-bond acceptors (Lipinski definition) is 3. The van der Waals surface area contributed by atoms with Gasteiger partial charge in [-0.05, 0) is 41.7 Å². The van der Waals surface area contributed by atoms with Crippen LogP contribution in [0.3, 0.4) is 0 Å². The highest BCUT2D eigenvalue weighted by Gasteiger charge is 2.17. The molecule has 0 fully saturated rings. The molecule has 4 nitrogen and oxygen atoms in total. The minimum atomic E-state index is -0.209. The number of amides is 1. The van der Waals surface area contributed by atoms with Gasteiger partial charge < -0.3 is 10.6 Å². The van der Waals surface area contributed by atoms with Crippen molar-refractivity contribution < 1.29 is 4.79 Å². The SMILES string of the molecule is CCc1ccc([C@@H](NCC(=O)Nc2cc(Cl)ccc2C#N)C(C)C)cc1. The van der Waals surface area contributed by atoms with Gasteiger partial charge in [-0.2, -0.15) is 5.26 Å². The van der Waals surface area contributed by atoms with Crippen LogP contribution in [0.4, 0.5) is 5.69 Å². The van der Waals surface area contributed by atoms with Crippen molar-refractivity contribution in [3.05, 3.63) is 64.2 Å². The number of aryl methyl sites for hydroxylation is 1. The first-order chi connectivity index (χ1) is 12.4. The predicted molar refractivity (Wildman–Crippen MR) is 106 cm³/mol. The lowest BCUT2D eigenvalue weighted by Crippen LogP contribution is -2.33. The van der Waals surface area contributed by atoms with Crippen molar-refractivity contribution >= 4 is 23.2 Å². The number of anilines is 1. The molecule has 0 unspecified atom stereocenters. The third-order valence-corrected chi connectivity index (χ3v) is 4.51. The average molecular weight is 370 g/mol. The number of hydrogen-bond donors (Lipinski definition) is 2. The van der Waals surface area contributed by atoms with Gasteiger partial charge >= 0.3 is 0 Å². The third kappa shape index (κ3) is 5.32. The largest absolute Gasteiger partial charge is 0.324 e. The van der Waals surface area contributed by atoms with E-state index in [1.54, 1.807) is 18.2 Å². The Bertz CT molecular complexity index is 794. The number of benzene rings is 2. The Hall–Kier alpha value is -2.35. The third-order valence-electron chi connectivity index (χ3n) is 4.27. The predicted octanol–water partition coefficient (Wildman–Crippen LogP) is 4.70. The molecule has 0 saturated carbocycles. The lowest BCUT2D eigenvalue weighted by molar-refractivity contribution is -0.115. The monoisotopic (exact) mass is 369 g/mol. The van der Waals surface area contributed by atoms with Crippen molar-refractivity contribution in [2.45, 2.75) is 33.2 Å². The summed E-state index contributed by atoms with van der Waals surface area (Å²) in [6.07, 6.45) is 1.00. The van der Waals surface area contributed by atoms with E-state index in [0.717, 1.165) is 12.0 Å². The first-order valence-electron chi connectivity index (χ1n) is 8.76. The summed E-state index contributed by atoms with van der Waals surface area (Å²) in [4.78, 5) is 12.3. The van der Waals surface area contributed by atoms with E-state index in [0.29, 0.717) is 22.2 Å². The molecule has 0 heterocycles. The van der Waals surface area contributed by atoms with Crippen molar-refractivity contribution in [1.82, 2.24) is 5.32 Å². The van der Waals surface area contributed by atoms with Gasteiger partial charge in [0, 0.05) is 11.1 Å². The van der Waals surface area contributed by atoms with E-state index in [4.69, 9.17) is 16.9 Å². The lowest BCUT2D eigenvalue weighted by atomic mass is 9.95. The van der Waals surface area contributed by atoms with Crippen LogP contribution in [-0.2, 0) is 11.2 Å². The van der Waals surface area contributed by atoms with E-state index in [9.17, 15) is 4.79 Å². The Labute approximate surface area is 160 Å². The Morgan fingerprint density at radius 3 is 2.46 bits per heavy atom. The molecule has 0 aromatic heterocycles. The lowest BCUT2D eigenvalue weighted by Gasteiger charge is -2.23. The average Bonchev–Trinajstić information content (AvgIpc) is 2.62. The van der Waals surface area contributed by atoms with Crippen LogP contribution in [0.2, 0.25) is 5.02 Å². The summed E-state index contributed by atoms with van der Waals surface area (Å²) in [5.74, 6) is 0.121. The number of nitriles is 1. The fraction of sp³-hybridized carbons (Fsp3) is 0.333. The minimum Gasteiger partial charge on any atom is -0.324 e. The maximum absolute atomic E-state index is 12.3. The number of halogens is 1. The summed E-state index contributed by atoms with van der Waals surface area (Å²) in [5, 5.41) is 15.7. The first-order valence-corrected chi connectivity index (χ1v) is 9.14. The second-order valence-electron chi connectivity index (χ2n) is 6.55. The zero-order valence-electron chi connectivity index (χ0n) is 15.3. The van der Waals surface area contributed by atoms with Gasteiger partial charge in [0.05, 0.1) is 17.8 Å². The van der Waals surface area contributed by atoms with Gasteiger partial charge in [0.1, 0.15) is 6.07 Å². The summed E-state index contributed by atoms with van der Waals surface area (Å²) in [5.41, 5.74) is 3.27. The smallest absolute Gasteiger partial charge is 0.238 e. The van der Waals surface area contributed by atoms with Crippen LogP contribution in [-0.4, -0.2) is 12.5 Å². The fourth-order valence-electron chi connectivity index (χ4n) is 2.81. The van der Waals surface area contributed by atoms with Gasteiger partial charge in [-0.15, -0.1) is 0 Å². The molecular formula is C21H24ClN3O. The molecule has 1 amide bonds. The van der Waals surface area contributed by atoms with Gasteiger partial charge in [0.15, 0.2) is 0 Å². The van der Waals surface area contributed by atoms with E-state index < -0.39 is 0 Å². The summed E-state index contributed by atoms with van der Waals surface area (Å²) < 4.78 is 0. The number of carbonyl (C=O) groups is 1. The molecule has 0 bridgehead atoms. The van der Waals surface area contributed by atoms with E-state index >= 15 is 0 Å². The van der Waals surface area contributed by atoms with Gasteiger partial charge in [-0.3, -0.25) is 4.79 Å². The number of nitrogens with one attached hydrogen (secondary N) is 2. The van der Waals surface area contributed by atoms with Crippen LogP contribution in [0.15, 0.2) is 42.5 Å². The van der Waals surface area contributed by atoms with Crippen LogP contribution in [0, 0.1) is 17.2 Å². The van der Waals surface area contributed by atoms with Crippen molar-refractivity contribution in [3.8, 4) is 6.07 Å². The molecule has 0 aliphatic heterocycles. The molecular weight excluding hydrogens is 346 g/mol. The van der Waals surface area contributed by atoms with E-state index in [2.05, 4.69) is 61.7 Å². The van der Waals surface area contributed by atoms with E-state index in [1.165, 1.54) is 5.56 Å². The molecule has 0 saturated heterocycles. The normalized spacial score (nSPS) is 11.8. The van der Waals surface area contributed by atoms with Crippen LogP contribution in [0.5, 0.6) is 0 Å². The molecule has 0 aliphatic rings. The number of carbonyl (C=O) groups excluding carboxylic acids is 1. The topological polar surface area (TPSA) is 64.9 Å². The van der Waals surface area contributed by atoms with E-state index in [1.807, 2.05) is 0 Å². The standard InChI is InChI=1S/C21H24ClN3O/c1-4-15-5-7-16(8-6-15)21(14(2)3)24-13-20(26)25-19-11-18(22)10-9-17(19)12-23/h5-11,14,21,24H,4,13H2,1-3H3,(H,25,26)/t21-/m0/s1. The Morgan fingerprint density at radius 1 is 1.19 bits per heavy atom. The molecule has 5 heteroatoms. The van der Waals surface area contributed by atoms with Crippen LogP contribution in [0.1, 0.15) is 43.5 Å². The zero-order chi connectivity index (χ0) is 19.1. The molecule has 2 aromatic carbocycles. The summed E-state index contributed by atoms with van der Waals surface area (Å²) in [6.45, 7) is 6.51. The van der Waals surface area contributed by atoms with Crippen LogP contribution < -0.4 is 10.6 Å². The van der Waals surface area contributed by atoms with Gasteiger partial charge in [-0.1, -0.05) is 56.6 Å². The summed E-state index contributed by atoms with van der Waals surface area (Å²) in [7, 11) is 0. The van der Waals surface area contributed by atoms with Crippen molar-refractivity contribution in [1.29, 1.82) is 5.26 Å². The molecule has 1 atom stereocenters. The van der Waals surface area contributed by atoms with Gasteiger partial charge in [-0.25, -0.2) is 0 Å². The molecule has 2 rings (SSSR count). The van der Waals surface area contributed by atoms with Crippen LogP contribution >= 0.6 is 11.6 Å². The number of rotatable bonds is 7. The quantitative estimate of drug-likeness (QED) is 0.743. The summed E-state index contributed by atoms with van der Waals surface area (Å²) >= 11 is 5.95. The minimum absolute atomic E-state index is 0.0708. The molecule has 0 radical (unpaired) electrons. The highest BCUT2D eigenvalue weighted by Crippen LogP contribution is 2.23. The molecule has 0 aliphatic carbocycles. The molecule has 2 N–H and O–H groups in total. The van der Waals surface area contributed by atoms with Crippen LogP contribution in [0.25, 0.3) is 0 Å². The highest BCUT2D eigenvalue weighted by molar-refractivity contribution is 6.31. The molecule has 2 aromatic rings. The highest BCUT2D eigenvalue weighted by atomic mass is 35.5. The maximum atomic E-state index is 12.3. The second-order valence-corrected chi connectivity index (χ2v) is 6.98. The van der Waals surface area contributed by atoms with Gasteiger partial charge in [0.2, 0.25) is 5.91 Å². The molecule has 0 spiro atoms. The Balaban J connectivity index is 2.03. The van der Waals surface area contributed by atoms with Crippen molar-refractivity contribution in [3.63, 3.8) is 0 Å². The second kappa shape index (κ2) is 9.38. The Kier molecular flexibility index (Phi) is 7.20. The zero-order valence-corrected chi connectivity index (χ0v) is 16.1. The molecule has 26 heavy (non-hydrogen) atoms.